The van der Waals surface area contributed by atoms with Gasteiger partial charge in [0, 0.05) is 15.9 Å². The maximum Gasteiger partial charge on any atom is 0.339 e. The topological polar surface area (TPSA) is 43.4 Å². The molecule has 0 bridgehead atoms. The number of ketones is 1. The lowest BCUT2D eigenvalue weighted by Crippen LogP contribution is -2.33. The zero-order valence-electron chi connectivity index (χ0n) is 8.42. The molecule has 1 unspecified atom stereocenters. The quantitative estimate of drug-likeness (QED) is 0.749. The Balaban J connectivity index is 2.50. The van der Waals surface area contributed by atoms with Crippen molar-refractivity contribution in [2.24, 2.45) is 0 Å². The van der Waals surface area contributed by atoms with E-state index in [2.05, 4.69) is 15.9 Å². The highest BCUT2D eigenvalue weighted by atomic mass is 79.9. The Labute approximate surface area is 106 Å². The molecule has 2 rings (SSSR count). The highest BCUT2D eigenvalue weighted by Crippen LogP contribution is 2.31. The lowest BCUT2D eigenvalue weighted by Gasteiger charge is -2.23. The fraction of sp³-hybridized carbons (Fsp3) is 0.273. The third kappa shape index (κ3) is 1.99. The summed E-state index contributed by atoms with van der Waals surface area (Å²) >= 11 is 9.29. The van der Waals surface area contributed by atoms with Crippen molar-refractivity contribution in [2.45, 2.75) is 19.4 Å². The second-order valence-corrected chi connectivity index (χ2v) is 4.95. The van der Waals surface area contributed by atoms with Crippen LogP contribution in [0.5, 0.6) is 0 Å². The van der Waals surface area contributed by atoms with Crippen LogP contribution in [0.4, 0.5) is 0 Å². The fourth-order valence-corrected chi connectivity index (χ4v) is 2.53. The van der Waals surface area contributed by atoms with Crippen LogP contribution < -0.4 is 0 Å². The maximum absolute atomic E-state index is 11.7. The summed E-state index contributed by atoms with van der Waals surface area (Å²) in [6, 6.07) is 3.36. The molecule has 0 spiro atoms. The van der Waals surface area contributed by atoms with Gasteiger partial charge in [0.05, 0.1) is 5.56 Å². The Hall–Kier alpha value is -0.870. The van der Waals surface area contributed by atoms with E-state index in [1.54, 1.807) is 12.1 Å². The van der Waals surface area contributed by atoms with Crippen LogP contribution >= 0.6 is 27.5 Å². The lowest BCUT2D eigenvalue weighted by molar-refractivity contribution is -0.125. The van der Waals surface area contributed by atoms with E-state index in [0.717, 1.165) is 4.47 Å². The molecule has 1 aliphatic heterocycles. The fourth-order valence-electron chi connectivity index (χ4n) is 1.64. The number of fused-ring (bicyclic) bond motifs is 1. The highest BCUT2D eigenvalue weighted by Gasteiger charge is 2.30. The van der Waals surface area contributed by atoms with Crippen molar-refractivity contribution < 1.29 is 14.3 Å². The number of Topliss-reactive ketones (excluding diaryl/α,β-unsaturated/α-hetero) is 1. The van der Waals surface area contributed by atoms with Gasteiger partial charge in [-0.1, -0.05) is 27.5 Å². The van der Waals surface area contributed by atoms with Crippen molar-refractivity contribution in [1.29, 1.82) is 0 Å². The van der Waals surface area contributed by atoms with Gasteiger partial charge in [-0.25, -0.2) is 4.79 Å². The van der Waals surface area contributed by atoms with Gasteiger partial charge in [-0.15, -0.1) is 0 Å². The smallest absolute Gasteiger partial charge is 0.339 e. The number of carbonyl (C=O) groups is 2. The highest BCUT2D eigenvalue weighted by molar-refractivity contribution is 9.10. The molecule has 0 radical (unpaired) electrons. The van der Waals surface area contributed by atoms with Gasteiger partial charge in [-0.3, -0.25) is 4.79 Å². The van der Waals surface area contributed by atoms with Crippen LogP contribution in [0.15, 0.2) is 16.6 Å². The van der Waals surface area contributed by atoms with Gasteiger partial charge in [0.1, 0.15) is 0 Å². The zero-order valence-corrected chi connectivity index (χ0v) is 10.8. The molecule has 1 heterocycles. The summed E-state index contributed by atoms with van der Waals surface area (Å²) < 4.78 is 5.73. The summed E-state index contributed by atoms with van der Waals surface area (Å²) in [6.45, 7) is 1.40. The molecule has 0 fully saturated rings. The SMILES string of the molecule is CC(=O)C1Cc2c(Cl)cc(Br)cc2C(=O)O1. The summed E-state index contributed by atoms with van der Waals surface area (Å²) in [4.78, 5) is 22.9. The molecule has 5 heteroatoms. The van der Waals surface area contributed by atoms with E-state index < -0.39 is 12.1 Å². The Bertz CT molecular complexity index is 484. The summed E-state index contributed by atoms with van der Waals surface area (Å²) in [5.74, 6) is -0.664. The van der Waals surface area contributed by atoms with Crippen LogP contribution in [0.2, 0.25) is 5.02 Å². The maximum atomic E-state index is 11.7. The Morgan fingerprint density at radius 1 is 1.56 bits per heavy atom. The third-order valence-electron chi connectivity index (χ3n) is 2.47. The first-order chi connectivity index (χ1) is 7.49. The van der Waals surface area contributed by atoms with Gasteiger partial charge in [0.15, 0.2) is 11.9 Å². The Morgan fingerprint density at radius 3 is 2.88 bits per heavy atom. The predicted octanol–water partition coefficient (Wildman–Crippen LogP) is 2.77. The number of hydrogen-bond acceptors (Lipinski definition) is 3. The van der Waals surface area contributed by atoms with Crippen molar-refractivity contribution in [3.05, 3.63) is 32.8 Å². The molecule has 0 amide bonds. The predicted molar refractivity (Wildman–Crippen MR) is 62.7 cm³/mol. The van der Waals surface area contributed by atoms with Crippen molar-refractivity contribution in [1.82, 2.24) is 0 Å². The molecule has 16 heavy (non-hydrogen) atoms. The van der Waals surface area contributed by atoms with E-state index in [0.29, 0.717) is 22.6 Å². The largest absolute Gasteiger partial charge is 0.450 e. The van der Waals surface area contributed by atoms with Crippen LogP contribution in [0, 0.1) is 0 Å². The number of rotatable bonds is 1. The van der Waals surface area contributed by atoms with Gasteiger partial charge < -0.3 is 4.74 Å². The number of carbonyl (C=O) groups excluding carboxylic acids is 2. The molecule has 0 aliphatic carbocycles. The van der Waals surface area contributed by atoms with Gasteiger partial charge in [0.2, 0.25) is 0 Å². The van der Waals surface area contributed by atoms with E-state index in [-0.39, 0.29) is 5.78 Å². The minimum atomic E-state index is -0.710. The molecule has 1 aliphatic rings. The average Bonchev–Trinajstić information content (AvgIpc) is 2.19. The minimum Gasteiger partial charge on any atom is -0.450 e. The second-order valence-electron chi connectivity index (χ2n) is 3.62. The summed E-state index contributed by atoms with van der Waals surface area (Å²) in [5, 5.41) is 0.479. The van der Waals surface area contributed by atoms with Crippen LogP contribution in [0.3, 0.4) is 0 Å². The van der Waals surface area contributed by atoms with Gasteiger partial charge in [-0.2, -0.15) is 0 Å². The van der Waals surface area contributed by atoms with Crippen molar-refractivity contribution in [3.63, 3.8) is 0 Å². The third-order valence-corrected chi connectivity index (χ3v) is 3.27. The summed E-state index contributed by atoms with van der Waals surface area (Å²) in [6.07, 6.45) is -0.360. The average molecular weight is 304 g/mol. The molecule has 0 saturated carbocycles. The van der Waals surface area contributed by atoms with Crippen molar-refractivity contribution >= 4 is 39.3 Å². The first kappa shape index (κ1) is 11.6. The standard InChI is InChI=1S/C11H8BrClO3/c1-5(14)10-4-7-8(11(15)16-10)2-6(12)3-9(7)13/h2-3,10H,4H2,1H3. The number of benzene rings is 1. The van der Waals surface area contributed by atoms with Crippen molar-refractivity contribution in [3.8, 4) is 0 Å². The number of halogens is 2. The molecule has 84 valence electrons. The molecular formula is C11H8BrClO3. The molecule has 0 N–H and O–H groups in total. The Morgan fingerprint density at radius 2 is 2.25 bits per heavy atom. The van der Waals surface area contributed by atoms with Gasteiger partial charge in [-0.05, 0) is 24.6 Å². The van der Waals surface area contributed by atoms with Gasteiger partial charge in [0.25, 0.3) is 0 Å². The molecule has 1 atom stereocenters. The number of ether oxygens (including phenoxy) is 1. The zero-order chi connectivity index (χ0) is 11.9. The first-order valence-electron chi connectivity index (χ1n) is 4.68. The van der Waals surface area contributed by atoms with E-state index in [4.69, 9.17) is 16.3 Å². The molecule has 1 aromatic carbocycles. The Kier molecular flexibility index (Phi) is 3.04. The molecular weight excluding hydrogens is 295 g/mol. The molecule has 0 aromatic heterocycles. The number of cyclic esters (lactones) is 1. The summed E-state index contributed by atoms with van der Waals surface area (Å²) in [7, 11) is 0. The van der Waals surface area contributed by atoms with Crippen LogP contribution in [-0.2, 0) is 16.0 Å². The molecule has 3 nitrogen and oxygen atoms in total. The van der Waals surface area contributed by atoms with Crippen LogP contribution in [0.25, 0.3) is 0 Å². The summed E-state index contributed by atoms with van der Waals surface area (Å²) in [5.41, 5.74) is 1.11. The van der Waals surface area contributed by atoms with E-state index in [1.165, 1.54) is 6.92 Å². The number of esters is 1. The van der Waals surface area contributed by atoms with E-state index in [9.17, 15) is 9.59 Å². The van der Waals surface area contributed by atoms with E-state index >= 15 is 0 Å². The molecule has 1 aromatic rings. The minimum absolute atomic E-state index is 0.169. The lowest BCUT2D eigenvalue weighted by atomic mass is 9.97. The van der Waals surface area contributed by atoms with Crippen molar-refractivity contribution in [2.75, 3.05) is 0 Å². The van der Waals surface area contributed by atoms with E-state index in [1.807, 2.05) is 0 Å². The second kappa shape index (κ2) is 4.18. The number of hydrogen-bond donors (Lipinski definition) is 0. The van der Waals surface area contributed by atoms with Crippen LogP contribution in [0.1, 0.15) is 22.8 Å². The molecule has 0 saturated heterocycles. The first-order valence-corrected chi connectivity index (χ1v) is 5.85. The van der Waals surface area contributed by atoms with Gasteiger partial charge >= 0.3 is 5.97 Å². The normalized spacial score (nSPS) is 18.9. The van der Waals surface area contributed by atoms with Crippen LogP contribution in [-0.4, -0.2) is 17.9 Å². The monoisotopic (exact) mass is 302 g/mol.